The number of nitrogens with zero attached hydrogens (tertiary/aromatic N) is 4. The number of hydrogen-bond donors (Lipinski definition) is 1. The van der Waals surface area contributed by atoms with Crippen molar-refractivity contribution in [1.82, 2.24) is 20.2 Å². The third-order valence-corrected chi connectivity index (χ3v) is 6.44. The fourth-order valence-corrected chi connectivity index (χ4v) is 4.64. The average molecular weight is 454 g/mol. The zero-order valence-electron chi connectivity index (χ0n) is 17.1. The standard InChI is InChI=1S/C23H24ClN5OS/c24-19-13-11-18(12-14-19)22-27-28-23(29(22)20-9-5-2-6-10-20)31-16-21(30)26-25-15-17-7-3-1-4-8-17/h1,3-4,7-8,11-15,20H,2,5-6,9-10,16H2,(H,26,30)/b25-15-. The molecule has 3 aromatic rings. The number of thioether (sulfide) groups is 1. The fourth-order valence-electron chi connectivity index (χ4n) is 3.72. The highest BCUT2D eigenvalue weighted by Gasteiger charge is 2.24. The number of carbonyl (C=O) groups is 1. The number of rotatable bonds is 7. The number of aromatic nitrogens is 3. The van der Waals surface area contributed by atoms with E-state index in [1.807, 2.05) is 54.6 Å². The molecule has 1 aliphatic rings. The van der Waals surface area contributed by atoms with E-state index >= 15 is 0 Å². The lowest BCUT2D eigenvalue weighted by Crippen LogP contribution is -2.20. The lowest BCUT2D eigenvalue weighted by molar-refractivity contribution is -0.118. The molecule has 1 heterocycles. The largest absolute Gasteiger partial charge is 0.299 e. The minimum atomic E-state index is -0.177. The molecule has 0 unspecified atom stereocenters. The Morgan fingerprint density at radius 2 is 1.84 bits per heavy atom. The monoisotopic (exact) mass is 453 g/mol. The van der Waals surface area contributed by atoms with Crippen LogP contribution in [0.5, 0.6) is 0 Å². The number of amides is 1. The lowest BCUT2D eigenvalue weighted by atomic mass is 9.95. The van der Waals surface area contributed by atoms with Crippen molar-refractivity contribution in [3.8, 4) is 11.4 Å². The molecule has 4 rings (SSSR count). The van der Waals surface area contributed by atoms with Gasteiger partial charge in [0, 0.05) is 16.6 Å². The zero-order chi connectivity index (χ0) is 21.5. The minimum absolute atomic E-state index is 0.177. The van der Waals surface area contributed by atoms with Crippen molar-refractivity contribution in [2.24, 2.45) is 5.10 Å². The highest BCUT2D eigenvalue weighted by Crippen LogP contribution is 2.35. The van der Waals surface area contributed by atoms with Crippen molar-refractivity contribution in [2.45, 2.75) is 43.3 Å². The molecule has 0 radical (unpaired) electrons. The first-order valence-electron chi connectivity index (χ1n) is 10.4. The molecular weight excluding hydrogens is 430 g/mol. The number of benzene rings is 2. The van der Waals surface area contributed by atoms with Crippen molar-refractivity contribution < 1.29 is 4.79 Å². The second kappa shape index (κ2) is 10.6. The summed E-state index contributed by atoms with van der Waals surface area (Å²) >= 11 is 7.45. The van der Waals surface area contributed by atoms with Crippen LogP contribution in [0.1, 0.15) is 43.7 Å². The van der Waals surface area contributed by atoms with Gasteiger partial charge in [-0.2, -0.15) is 5.10 Å². The van der Waals surface area contributed by atoms with Crippen LogP contribution in [-0.4, -0.2) is 32.6 Å². The maximum atomic E-state index is 12.3. The van der Waals surface area contributed by atoms with Crippen LogP contribution < -0.4 is 5.43 Å². The predicted molar refractivity (Wildman–Crippen MR) is 125 cm³/mol. The van der Waals surface area contributed by atoms with E-state index in [4.69, 9.17) is 11.6 Å². The molecule has 0 bridgehead atoms. The van der Waals surface area contributed by atoms with Crippen molar-refractivity contribution >= 4 is 35.5 Å². The number of halogens is 1. The second-order valence-corrected chi connectivity index (χ2v) is 8.85. The Kier molecular flexibility index (Phi) is 7.38. The molecule has 2 aromatic carbocycles. The minimum Gasteiger partial charge on any atom is -0.299 e. The van der Waals surface area contributed by atoms with E-state index in [9.17, 15) is 4.79 Å². The number of nitrogens with one attached hydrogen (secondary N) is 1. The number of carbonyl (C=O) groups excluding carboxylic acids is 1. The Bertz CT molecular complexity index is 1030. The van der Waals surface area contributed by atoms with Crippen LogP contribution in [0.15, 0.2) is 64.9 Å². The molecule has 6 nitrogen and oxygen atoms in total. The molecule has 1 amide bonds. The molecule has 1 saturated carbocycles. The summed E-state index contributed by atoms with van der Waals surface area (Å²) in [6.07, 6.45) is 7.48. The van der Waals surface area contributed by atoms with Crippen LogP contribution in [0, 0.1) is 0 Å². The van der Waals surface area contributed by atoms with Gasteiger partial charge in [0.25, 0.3) is 5.91 Å². The molecule has 0 saturated heterocycles. The summed E-state index contributed by atoms with van der Waals surface area (Å²) < 4.78 is 2.20. The van der Waals surface area contributed by atoms with Crippen LogP contribution in [0.2, 0.25) is 5.02 Å². The van der Waals surface area contributed by atoms with Crippen molar-refractivity contribution in [3.05, 3.63) is 65.2 Å². The summed E-state index contributed by atoms with van der Waals surface area (Å²) in [5.41, 5.74) is 4.49. The van der Waals surface area contributed by atoms with Gasteiger partial charge in [-0.15, -0.1) is 10.2 Å². The summed E-state index contributed by atoms with van der Waals surface area (Å²) in [5, 5.41) is 14.4. The van der Waals surface area contributed by atoms with Gasteiger partial charge in [0.2, 0.25) is 0 Å². The van der Waals surface area contributed by atoms with Gasteiger partial charge in [0.15, 0.2) is 11.0 Å². The second-order valence-electron chi connectivity index (χ2n) is 7.47. The van der Waals surface area contributed by atoms with Crippen molar-refractivity contribution in [1.29, 1.82) is 0 Å². The predicted octanol–water partition coefficient (Wildman–Crippen LogP) is 5.35. The van der Waals surface area contributed by atoms with Gasteiger partial charge < -0.3 is 0 Å². The number of hydrogen-bond acceptors (Lipinski definition) is 5. The molecular formula is C23H24ClN5OS. The van der Waals surface area contributed by atoms with Gasteiger partial charge in [-0.3, -0.25) is 9.36 Å². The maximum Gasteiger partial charge on any atom is 0.250 e. The van der Waals surface area contributed by atoms with Crippen LogP contribution in [0.3, 0.4) is 0 Å². The van der Waals surface area contributed by atoms with Gasteiger partial charge in [-0.25, -0.2) is 5.43 Å². The molecule has 1 N–H and O–H groups in total. The Hall–Kier alpha value is -2.64. The van der Waals surface area contributed by atoms with E-state index in [0.717, 1.165) is 34.9 Å². The summed E-state index contributed by atoms with van der Waals surface area (Å²) in [7, 11) is 0. The van der Waals surface area contributed by atoms with Crippen LogP contribution >= 0.6 is 23.4 Å². The molecule has 0 atom stereocenters. The first-order valence-corrected chi connectivity index (χ1v) is 11.8. The van der Waals surface area contributed by atoms with E-state index in [2.05, 4.69) is 25.3 Å². The molecule has 1 fully saturated rings. The summed E-state index contributed by atoms with van der Waals surface area (Å²) in [4.78, 5) is 12.3. The lowest BCUT2D eigenvalue weighted by Gasteiger charge is -2.25. The molecule has 8 heteroatoms. The van der Waals surface area contributed by atoms with E-state index < -0.39 is 0 Å². The topological polar surface area (TPSA) is 72.2 Å². The van der Waals surface area contributed by atoms with E-state index in [1.165, 1.54) is 31.0 Å². The molecule has 1 aromatic heterocycles. The average Bonchev–Trinajstić information content (AvgIpc) is 3.23. The Morgan fingerprint density at radius 3 is 2.58 bits per heavy atom. The normalized spacial score (nSPS) is 14.7. The van der Waals surface area contributed by atoms with E-state index in [1.54, 1.807) is 6.21 Å². The van der Waals surface area contributed by atoms with Gasteiger partial charge >= 0.3 is 0 Å². The smallest absolute Gasteiger partial charge is 0.250 e. The fraction of sp³-hybridized carbons (Fsp3) is 0.304. The molecule has 0 spiro atoms. The number of hydrazone groups is 1. The Morgan fingerprint density at radius 1 is 1.10 bits per heavy atom. The zero-order valence-corrected chi connectivity index (χ0v) is 18.6. The van der Waals surface area contributed by atoms with E-state index in [-0.39, 0.29) is 11.7 Å². The van der Waals surface area contributed by atoms with Crippen LogP contribution in [-0.2, 0) is 4.79 Å². The molecule has 160 valence electrons. The Labute approximate surface area is 191 Å². The van der Waals surface area contributed by atoms with Gasteiger partial charge in [-0.05, 0) is 42.7 Å². The third-order valence-electron chi connectivity index (χ3n) is 5.24. The van der Waals surface area contributed by atoms with Gasteiger partial charge in [0.05, 0.1) is 12.0 Å². The molecule has 0 aliphatic heterocycles. The third kappa shape index (κ3) is 5.74. The highest BCUT2D eigenvalue weighted by atomic mass is 35.5. The van der Waals surface area contributed by atoms with Crippen LogP contribution in [0.4, 0.5) is 0 Å². The summed E-state index contributed by atoms with van der Waals surface area (Å²) in [6, 6.07) is 17.6. The van der Waals surface area contributed by atoms with E-state index in [0.29, 0.717) is 11.1 Å². The summed E-state index contributed by atoms with van der Waals surface area (Å²) in [5.74, 6) is 0.870. The highest BCUT2D eigenvalue weighted by molar-refractivity contribution is 7.99. The maximum absolute atomic E-state index is 12.3. The quantitative estimate of drug-likeness (QED) is 0.297. The first-order chi connectivity index (χ1) is 15.2. The molecule has 1 aliphatic carbocycles. The molecule has 31 heavy (non-hydrogen) atoms. The van der Waals surface area contributed by atoms with Gasteiger partial charge in [0.1, 0.15) is 0 Å². The van der Waals surface area contributed by atoms with Crippen molar-refractivity contribution in [3.63, 3.8) is 0 Å². The first kappa shape index (κ1) is 21.6. The SMILES string of the molecule is O=C(CSc1nnc(-c2ccc(Cl)cc2)n1C1CCCCC1)N/N=C\c1ccccc1. The van der Waals surface area contributed by atoms with Crippen LogP contribution in [0.25, 0.3) is 11.4 Å². The summed E-state index contributed by atoms with van der Waals surface area (Å²) in [6.45, 7) is 0. The van der Waals surface area contributed by atoms with Crippen molar-refractivity contribution in [2.75, 3.05) is 5.75 Å². The van der Waals surface area contributed by atoms with Gasteiger partial charge in [-0.1, -0.05) is 73.0 Å². The Balaban J connectivity index is 1.46.